The molecule has 0 aromatic carbocycles. The lowest BCUT2D eigenvalue weighted by atomic mass is 10.0. The predicted molar refractivity (Wildman–Crippen MR) is 63.3 cm³/mol. The fourth-order valence-electron chi connectivity index (χ4n) is 2.04. The molecule has 0 amide bonds. The molecule has 0 aliphatic carbocycles. The maximum atomic E-state index is 11.0. The highest BCUT2D eigenvalue weighted by Gasteiger charge is 2.20. The maximum Gasteiger partial charge on any atom is 0.339 e. The molecule has 1 aliphatic rings. The zero-order valence-electron chi connectivity index (χ0n) is 9.72. The standard InChI is InChI=1S/C12H16N2O3/c1-8-6-9(3-5-17-8)14-11-2-4-13-7-10(11)12(15)16/h2,4,7-9H,3,5-6H2,1H3,(H,13,14)(H,15,16). The number of aromatic carboxylic acids is 1. The van der Waals surface area contributed by atoms with Gasteiger partial charge in [-0.05, 0) is 25.8 Å². The normalized spacial score (nSPS) is 24.3. The minimum atomic E-state index is -0.958. The molecule has 2 unspecified atom stereocenters. The molecule has 92 valence electrons. The van der Waals surface area contributed by atoms with E-state index in [-0.39, 0.29) is 17.7 Å². The Morgan fingerprint density at radius 1 is 1.65 bits per heavy atom. The molecule has 5 heteroatoms. The van der Waals surface area contributed by atoms with Gasteiger partial charge in [0.15, 0.2) is 0 Å². The quantitative estimate of drug-likeness (QED) is 0.836. The van der Waals surface area contributed by atoms with Gasteiger partial charge in [-0.15, -0.1) is 0 Å². The van der Waals surface area contributed by atoms with Gasteiger partial charge in [0, 0.05) is 25.0 Å². The molecule has 5 nitrogen and oxygen atoms in total. The number of hydrogen-bond donors (Lipinski definition) is 2. The first-order chi connectivity index (χ1) is 8.16. The smallest absolute Gasteiger partial charge is 0.339 e. The molecular weight excluding hydrogens is 220 g/mol. The van der Waals surface area contributed by atoms with E-state index in [2.05, 4.69) is 10.3 Å². The molecule has 0 spiro atoms. The van der Waals surface area contributed by atoms with E-state index < -0.39 is 5.97 Å². The minimum Gasteiger partial charge on any atom is -0.478 e. The highest BCUT2D eigenvalue weighted by molar-refractivity contribution is 5.93. The molecule has 1 aromatic heterocycles. The van der Waals surface area contributed by atoms with Gasteiger partial charge in [-0.1, -0.05) is 0 Å². The summed E-state index contributed by atoms with van der Waals surface area (Å²) in [4.78, 5) is 14.9. The van der Waals surface area contributed by atoms with Crippen LogP contribution in [0.2, 0.25) is 0 Å². The topological polar surface area (TPSA) is 71.5 Å². The van der Waals surface area contributed by atoms with Crippen LogP contribution in [0.3, 0.4) is 0 Å². The largest absolute Gasteiger partial charge is 0.478 e. The number of carboxylic acid groups (broad SMARTS) is 1. The number of hydrogen-bond acceptors (Lipinski definition) is 4. The van der Waals surface area contributed by atoms with Gasteiger partial charge < -0.3 is 15.2 Å². The molecule has 2 rings (SSSR count). The number of aromatic nitrogens is 1. The van der Waals surface area contributed by atoms with Crippen molar-refractivity contribution in [2.24, 2.45) is 0 Å². The Morgan fingerprint density at radius 3 is 3.18 bits per heavy atom. The summed E-state index contributed by atoms with van der Waals surface area (Å²) in [5.74, 6) is -0.958. The fourth-order valence-corrected chi connectivity index (χ4v) is 2.04. The molecular formula is C12H16N2O3. The van der Waals surface area contributed by atoms with Gasteiger partial charge >= 0.3 is 5.97 Å². The van der Waals surface area contributed by atoms with Crippen LogP contribution in [-0.4, -0.2) is 34.8 Å². The molecule has 17 heavy (non-hydrogen) atoms. The van der Waals surface area contributed by atoms with Gasteiger partial charge in [0.1, 0.15) is 5.56 Å². The molecule has 2 N–H and O–H groups in total. The Bertz CT molecular complexity index is 408. The van der Waals surface area contributed by atoms with Crippen LogP contribution in [0.5, 0.6) is 0 Å². The zero-order chi connectivity index (χ0) is 12.3. The van der Waals surface area contributed by atoms with E-state index in [0.29, 0.717) is 12.3 Å². The van der Waals surface area contributed by atoms with Crippen LogP contribution >= 0.6 is 0 Å². The number of pyridine rings is 1. The van der Waals surface area contributed by atoms with Crippen molar-refractivity contribution in [2.45, 2.75) is 31.9 Å². The summed E-state index contributed by atoms with van der Waals surface area (Å²) in [6.45, 7) is 2.74. The van der Waals surface area contributed by atoms with Gasteiger partial charge in [0.05, 0.1) is 11.8 Å². The summed E-state index contributed by atoms with van der Waals surface area (Å²) >= 11 is 0. The van der Waals surface area contributed by atoms with Crippen molar-refractivity contribution in [2.75, 3.05) is 11.9 Å². The van der Waals surface area contributed by atoms with E-state index in [4.69, 9.17) is 9.84 Å². The highest BCUT2D eigenvalue weighted by Crippen LogP contribution is 2.20. The maximum absolute atomic E-state index is 11.0. The molecule has 1 fully saturated rings. The van der Waals surface area contributed by atoms with E-state index in [9.17, 15) is 4.79 Å². The van der Waals surface area contributed by atoms with Crippen molar-refractivity contribution in [1.29, 1.82) is 0 Å². The van der Waals surface area contributed by atoms with Crippen LogP contribution in [0.15, 0.2) is 18.5 Å². The first kappa shape index (κ1) is 11.9. The van der Waals surface area contributed by atoms with Crippen molar-refractivity contribution in [1.82, 2.24) is 4.98 Å². The van der Waals surface area contributed by atoms with E-state index in [1.807, 2.05) is 6.92 Å². The van der Waals surface area contributed by atoms with E-state index in [1.165, 1.54) is 6.20 Å². The predicted octanol–water partition coefficient (Wildman–Crippen LogP) is 1.76. The first-order valence-corrected chi connectivity index (χ1v) is 5.72. The molecule has 0 radical (unpaired) electrons. The number of carbonyl (C=O) groups is 1. The van der Waals surface area contributed by atoms with Crippen LogP contribution in [0, 0.1) is 0 Å². The van der Waals surface area contributed by atoms with E-state index >= 15 is 0 Å². The number of nitrogens with zero attached hydrogens (tertiary/aromatic N) is 1. The average molecular weight is 236 g/mol. The number of anilines is 1. The summed E-state index contributed by atoms with van der Waals surface area (Å²) in [5, 5.41) is 12.3. The number of rotatable bonds is 3. The van der Waals surface area contributed by atoms with Gasteiger partial charge in [-0.3, -0.25) is 4.98 Å². The molecule has 1 aromatic rings. The van der Waals surface area contributed by atoms with Crippen LogP contribution in [0.1, 0.15) is 30.1 Å². The highest BCUT2D eigenvalue weighted by atomic mass is 16.5. The van der Waals surface area contributed by atoms with Crippen molar-refractivity contribution in [3.63, 3.8) is 0 Å². The second-order valence-corrected chi connectivity index (χ2v) is 4.27. The van der Waals surface area contributed by atoms with Crippen LogP contribution in [0.25, 0.3) is 0 Å². The molecule has 0 saturated carbocycles. The number of ether oxygens (including phenoxy) is 1. The van der Waals surface area contributed by atoms with Crippen molar-refractivity contribution >= 4 is 11.7 Å². The first-order valence-electron chi connectivity index (χ1n) is 5.72. The van der Waals surface area contributed by atoms with Crippen LogP contribution in [0.4, 0.5) is 5.69 Å². The lowest BCUT2D eigenvalue weighted by molar-refractivity contribution is 0.0232. The Balaban J connectivity index is 2.10. The van der Waals surface area contributed by atoms with Crippen molar-refractivity contribution in [3.8, 4) is 0 Å². The Morgan fingerprint density at radius 2 is 2.47 bits per heavy atom. The fraction of sp³-hybridized carbons (Fsp3) is 0.500. The third-order valence-corrected chi connectivity index (χ3v) is 2.90. The van der Waals surface area contributed by atoms with Gasteiger partial charge in [-0.2, -0.15) is 0 Å². The summed E-state index contributed by atoms with van der Waals surface area (Å²) in [6.07, 6.45) is 4.97. The second kappa shape index (κ2) is 5.14. The van der Waals surface area contributed by atoms with Crippen molar-refractivity contribution in [3.05, 3.63) is 24.0 Å². The van der Waals surface area contributed by atoms with Crippen LogP contribution < -0.4 is 5.32 Å². The zero-order valence-corrected chi connectivity index (χ0v) is 9.72. The minimum absolute atomic E-state index is 0.214. The lowest BCUT2D eigenvalue weighted by Gasteiger charge is -2.29. The summed E-state index contributed by atoms with van der Waals surface area (Å²) in [5.41, 5.74) is 0.846. The van der Waals surface area contributed by atoms with Gasteiger partial charge in [0.25, 0.3) is 0 Å². The van der Waals surface area contributed by atoms with E-state index in [1.54, 1.807) is 12.3 Å². The molecule has 2 atom stereocenters. The number of nitrogens with one attached hydrogen (secondary N) is 1. The Kier molecular flexibility index (Phi) is 3.58. The Labute approximate surface area is 99.8 Å². The third-order valence-electron chi connectivity index (χ3n) is 2.90. The monoisotopic (exact) mass is 236 g/mol. The molecule has 2 heterocycles. The molecule has 1 aliphatic heterocycles. The second-order valence-electron chi connectivity index (χ2n) is 4.27. The third kappa shape index (κ3) is 2.94. The Hall–Kier alpha value is -1.62. The number of carboxylic acids is 1. The van der Waals surface area contributed by atoms with Crippen LogP contribution in [-0.2, 0) is 4.74 Å². The van der Waals surface area contributed by atoms with E-state index in [0.717, 1.165) is 12.8 Å². The lowest BCUT2D eigenvalue weighted by Crippen LogP contribution is -2.33. The summed E-state index contributed by atoms with van der Waals surface area (Å²) in [7, 11) is 0. The SMILES string of the molecule is CC1CC(Nc2ccncc2C(=O)O)CCO1. The van der Waals surface area contributed by atoms with Crippen molar-refractivity contribution < 1.29 is 14.6 Å². The summed E-state index contributed by atoms with van der Waals surface area (Å²) < 4.78 is 5.45. The van der Waals surface area contributed by atoms with Gasteiger partial charge in [0.2, 0.25) is 0 Å². The van der Waals surface area contributed by atoms with Gasteiger partial charge in [-0.25, -0.2) is 4.79 Å². The molecule has 1 saturated heterocycles. The summed E-state index contributed by atoms with van der Waals surface area (Å²) in [6, 6.07) is 1.96. The average Bonchev–Trinajstić information content (AvgIpc) is 2.29. The molecule has 0 bridgehead atoms.